The van der Waals surface area contributed by atoms with Gasteiger partial charge in [0, 0.05) is 0 Å². The Morgan fingerprint density at radius 1 is 1.33 bits per heavy atom. The van der Waals surface area contributed by atoms with Gasteiger partial charge in [-0.15, -0.1) is 0 Å². The Balaban J connectivity index is 2.63. The van der Waals surface area contributed by atoms with Crippen molar-refractivity contribution < 1.29 is 0 Å². The minimum atomic E-state index is 0.0931. The number of benzene rings is 1. The number of nitrogens with zero attached hydrogens (tertiary/aromatic N) is 2. The molecule has 0 radical (unpaired) electrons. The van der Waals surface area contributed by atoms with Crippen LogP contribution in [-0.4, -0.2) is 9.55 Å². The molecule has 3 heteroatoms. The molecule has 1 aromatic carbocycles. The van der Waals surface area contributed by atoms with Gasteiger partial charge in [-0.25, -0.2) is 4.98 Å². The molecule has 0 saturated heterocycles. The van der Waals surface area contributed by atoms with Gasteiger partial charge in [0.25, 0.3) is 5.56 Å². The van der Waals surface area contributed by atoms with Crippen molar-refractivity contribution >= 4 is 10.9 Å². The second kappa shape index (κ2) is 1.75. The summed E-state index contributed by atoms with van der Waals surface area (Å²) in [7, 11) is 0. The van der Waals surface area contributed by atoms with Gasteiger partial charge in [-0.05, 0) is 12.1 Å². The summed E-state index contributed by atoms with van der Waals surface area (Å²) in [4.78, 5) is 15.8. The lowest BCUT2D eigenvalue weighted by atomic mass is 10.2. The van der Waals surface area contributed by atoms with E-state index in [0.29, 0.717) is 6.54 Å². The van der Waals surface area contributed by atoms with Crippen molar-refractivity contribution in [2.24, 2.45) is 0 Å². The molecule has 1 aliphatic rings. The molecule has 2 heterocycles. The van der Waals surface area contributed by atoms with E-state index in [-0.39, 0.29) is 5.56 Å². The number of rotatable bonds is 0. The van der Waals surface area contributed by atoms with Gasteiger partial charge in [0.2, 0.25) is 0 Å². The predicted molar refractivity (Wildman–Crippen MR) is 45.1 cm³/mol. The van der Waals surface area contributed by atoms with Crippen LogP contribution in [0.2, 0.25) is 0 Å². The van der Waals surface area contributed by atoms with Gasteiger partial charge in [-0.1, -0.05) is 12.1 Å². The third-order valence-electron chi connectivity index (χ3n) is 2.14. The summed E-state index contributed by atoms with van der Waals surface area (Å²) in [5.74, 6) is 0.902. The minimum Gasteiger partial charge on any atom is -0.287 e. The highest BCUT2D eigenvalue weighted by Crippen LogP contribution is 2.15. The van der Waals surface area contributed by atoms with Crippen LogP contribution < -0.4 is 5.56 Å². The first-order chi connectivity index (χ1) is 5.86. The molecule has 0 amide bonds. The molecule has 0 fully saturated rings. The van der Waals surface area contributed by atoms with E-state index >= 15 is 0 Å². The smallest absolute Gasteiger partial charge is 0.261 e. The van der Waals surface area contributed by atoms with E-state index in [2.05, 4.69) is 4.98 Å². The van der Waals surface area contributed by atoms with Crippen LogP contribution in [0.3, 0.4) is 0 Å². The van der Waals surface area contributed by atoms with Crippen molar-refractivity contribution in [1.82, 2.24) is 9.55 Å². The summed E-state index contributed by atoms with van der Waals surface area (Å²) in [6, 6.07) is 7.45. The van der Waals surface area contributed by atoms with E-state index < -0.39 is 0 Å². The lowest BCUT2D eigenvalue weighted by Gasteiger charge is -1.90. The molecule has 3 nitrogen and oxygen atoms in total. The van der Waals surface area contributed by atoms with Crippen molar-refractivity contribution in [3.05, 3.63) is 40.4 Å². The van der Waals surface area contributed by atoms with Crippen LogP contribution in [0, 0.1) is 0 Å². The first kappa shape index (κ1) is 5.94. The monoisotopic (exact) mass is 158 g/mol. The normalized spacial score (nSPS) is 13.0. The van der Waals surface area contributed by atoms with Crippen LogP contribution in [0.15, 0.2) is 29.1 Å². The number of para-hydroxylation sites is 1. The number of fused-ring (bicyclic) bond motifs is 2. The Hall–Kier alpha value is -1.64. The topological polar surface area (TPSA) is 34.9 Å². The van der Waals surface area contributed by atoms with Crippen LogP contribution >= 0.6 is 0 Å². The summed E-state index contributed by atoms with van der Waals surface area (Å²) in [6.07, 6.45) is 0. The van der Waals surface area contributed by atoms with Gasteiger partial charge in [0.05, 0.1) is 17.4 Å². The maximum absolute atomic E-state index is 11.5. The summed E-state index contributed by atoms with van der Waals surface area (Å²) < 4.78 is 1.68. The molecule has 0 spiro atoms. The average molecular weight is 158 g/mol. The maximum atomic E-state index is 11.5. The molecule has 0 aliphatic carbocycles. The van der Waals surface area contributed by atoms with Gasteiger partial charge in [-0.3, -0.25) is 9.36 Å². The summed E-state index contributed by atoms with van der Waals surface area (Å²) in [5, 5.41) is 0.721. The Morgan fingerprint density at radius 3 is 3.08 bits per heavy atom. The standard InChI is InChI=1S/C9H6N2O/c12-9-6-3-1-2-4-7(6)10-8-5-11(8)9/h1-4H,5H2. The Kier molecular flexibility index (Phi) is 0.864. The average Bonchev–Trinajstić information content (AvgIpc) is 2.84. The largest absolute Gasteiger partial charge is 0.287 e. The molecular formula is C9H6N2O. The van der Waals surface area contributed by atoms with Gasteiger partial charge in [0.15, 0.2) is 0 Å². The van der Waals surface area contributed by atoms with E-state index in [1.54, 1.807) is 4.57 Å². The van der Waals surface area contributed by atoms with Gasteiger partial charge in [-0.2, -0.15) is 0 Å². The molecule has 3 rings (SSSR count). The highest BCUT2D eigenvalue weighted by molar-refractivity contribution is 5.77. The highest BCUT2D eigenvalue weighted by atomic mass is 16.1. The molecule has 0 saturated carbocycles. The van der Waals surface area contributed by atoms with E-state index in [1.807, 2.05) is 24.3 Å². The van der Waals surface area contributed by atoms with Gasteiger partial charge < -0.3 is 0 Å². The third kappa shape index (κ3) is 0.605. The minimum absolute atomic E-state index is 0.0931. The number of hydrogen-bond acceptors (Lipinski definition) is 2. The molecule has 1 aromatic heterocycles. The van der Waals surface area contributed by atoms with Crippen molar-refractivity contribution in [2.45, 2.75) is 6.54 Å². The first-order valence-electron chi connectivity index (χ1n) is 3.85. The molecule has 0 atom stereocenters. The molecule has 12 heavy (non-hydrogen) atoms. The lowest BCUT2D eigenvalue weighted by molar-refractivity contribution is 1.06. The SMILES string of the molecule is O=c1c2ccccc2nc2n1C2. The van der Waals surface area contributed by atoms with Crippen molar-refractivity contribution in [2.75, 3.05) is 0 Å². The number of aromatic nitrogens is 2. The van der Waals surface area contributed by atoms with Crippen LogP contribution in [0.25, 0.3) is 10.9 Å². The molecule has 58 valence electrons. The fourth-order valence-electron chi connectivity index (χ4n) is 1.43. The lowest BCUT2D eigenvalue weighted by Crippen LogP contribution is -2.07. The second-order valence-electron chi connectivity index (χ2n) is 2.94. The summed E-state index contributed by atoms with van der Waals surface area (Å²) >= 11 is 0. The zero-order valence-electron chi connectivity index (χ0n) is 6.32. The van der Waals surface area contributed by atoms with Gasteiger partial charge >= 0.3 is 0 Å². The fourth-order valence-corrected chi connectivity index (χ4v) is 1.43. The van der Waals surface area contributed by atoms with Gasteiger partial charge in [0.1, 0.15) is 5.82 Å². The predicted octanol–water partition coefficient (Wildman–Crippen LogP) is 0.758. The molecule has 2 aromatic rings. The molecular weight excluding hydrogens is 152 g/mol. The summed E-state index contributed by atoms with van der Waals surface area (Å²) in [5.41, 5.74) is 0.904. The van der Waals surface area contributed by atoms with Crippen molar-refractivity contribution in [3.63, 3.8) is 0 Å². The van der Waals surface area contributed by atoms with Crippen LogP contribution in [0.5, 0.6) is 0 Å². The van der Waals surface area contributed by atoms with Crippen LogP contribution in [0.1, 0.15) is 5.82 Å². The highest BCUT2D eigenvalue weighted by Gasteiger charge is 2.21. The molecule has 0 N–H and O–H groups in total. The van der Waals surface area contributed by atoms with Crippen molar-refractivity contribution in [3.8, 4) is 0 Å². The summed E-state index contributed by atoms with van der Waals surface area (Å²) in [6.45, 7) is 0.716. The third-order valence-corrected chi connectivity index (χ3v) is 2.14. The zero-order chi connectivity index (χ0) is 8.13. The van der Waals surface area contributed by atoms with E-state index in [1.165, 1.54) is 0 Å². The Labute approximate surface area is 68.3 Å². The molecule has 0 unspecified atom stereocenters. The Bertz CT molecular complexity index is 528. The zero-order valence-corrected chi connectivity index (χ0v) is 6.32. The quantitative estimate of drug-likeness (QED) is 0.484. The maximum Gasteiger partial charge on any atom is 0.261 e. The first-order valence-corrected chi connectivity index (χ1v) is 3.85. The van der Waals surface area contributed by atoms with Crippen LogP contribution in [-0.2, 0) is 6.54 Å². The molecule has 0 bridgehead atoms. The van der Waals surface area contributed by atoms with E-state index in [9.17, 15) is 4.79 Å². The number of hydrogen-bond donors (Lipinski definition) is 0. The van der Waals surface area contributed by atoms with E-state index in [0.717, 1.165) is 16.7 Å². The van der Waals surface area contributed by atoms with Crippen LogP contribution in [0.4, 0.5) is 0 Å². The second-order valence-corrected chi connectivity index (χ2v) is 2.94. The molecule has 1 aliphatic heterocycles. The van der Waals surface area contributed by atoms with Crippen molar-refractivity contribution in [1.29, 1.82) is 0 Å². The fraction of sp³-hybridized carbons (Fsp3) is 0.111. The van der Waals surface area contributed by atoms with E-state index in [4.69, 9.17) is 0 Å². The Morgan fingerprint density at radius 2 is 2.17 bits per heavy atom.